The molecule has 0 fully saturated rings. The Balaban J connectivity index is 2.15. The standard InChI is InChI=1S/C22H21ClO4/c1-3-22(16-8-6-5-7-9-16)18(20(24)26-4-2)14-19(27-21(22)25)15-10-12-17(23)13-11-15/h5-14,18H,3-4H2,1-2H3/t18-,22-/m0/s1. The highest BCUT2D eigenvalue weighted by molar-refractivity contribution is 6.30. The topological polar surface area (TPSA) is 52.6 Å². The van der Waals surface area contributed by atoms with Gasteiger partial charge in [-0.25, -0.2) is 0 Å². The molecule has 140 valence electrons. The van der Waals surface area contributed by atoms with Gasteiger partial charge < -0.3 is 9.47 Å². The van der Waals surface area contributed by atoms with Crippen molar-refractivity contribution in [3.63, 3.8) is 0 Å². The van der Waals surface area contributed by atoms with Gasteiger partial charge >= 0.3 is 11.9 Å². The maximum Gasteiger partial charge on any atom is 0.323 e. The Morgan fingerprint density at radius 2 is 1.78 bits per heavy atom. The molecule has 5 heteroatoms. The number of hydrogen-bond acceptors (Lipinski definition) is 4. The largest absolute Gasteiger partial charge is 0.465 e. The Labute approximate surface area is 163 Å². The summed E-state index contributed by atoms with van der Waals surface area (Å²) in [4.78, 5) is 26.0. The van der Waals surface area contributed by atoms with Crippen molar-refractivity contribution in [1.29, 1.82) is 0 Å². The minimum Gasteiger partial charge on any atom is -0.465 e. The number of cyclic esters (lactones) is 1. The lowest BCUT2D eigenvalue weighted by Gasteiger charge is -2.39. The van der Waals surface area contributed by atoms with Crippen molar-refractivity contribution < 1.29 is 19.1 Å². The van der Waals surface area contributed by atoms with E-state index in [1.165, 1.54) is 0 Å². The van der Waals surface area contributed by atoms with Crippen molar-refractivity contribution >= 4 is 29.3 Å². The molecule has 2 atom stereocenters. The third kappa shape index (κ3) is 3.50. The highest BCUT2D eigenvalue weighted by Gasteiger charge is 2.53. The van der Waals surface area contributed by atoms with Crippen molar-refractivity contribution in [2.45, 2.75) is 25.7 Å². The summed E-state index contributed by atoms with van der Waals surface area (Å²) < 4.78 is 11.0. The van der Waals surface area contributed by atoms with Gasteiger partial charge in [0.15, 0.2) is 0 Å². The summed E-state index contributed by atoms with van der Waals surface area (Å²) in [6, 6.07) is 16.2. The van der Waals surface area contributed by atoms with Crippen LogP contribution in [0.1, 0.15) is 31.4 Å². The van der Waals surface area contributed by atoms with E-state index < -0.39 is 23.3 Å². The van der Waals surface area contributed by atoms with Gasteiger partial charge in [-0.3, -0.25) is 9.59 Å². The molecule has 0 amide bonds. The Morgan fingerprint density at radius 3 is 2.37 bits per heavy atom. The molecule has 0 saturated heterocycles. The predicted octanol–water partition coefficient (Wildman–Crippen LogP) is 4.77. The third-order valence-electron chi connectivity index (χ3n) is 4.93. The molecule has 1 aliphatic heterocycles. The zero-order valence-corrected chi connectivity index (χ0v) is 16.0. The maximum atomic E-state index is 13.2. The van der Waals surface area contributed by atoms with Gasteiger partial charge in [-0.2, -0.15) is 0 Å². The number of rotatable bonds is 5. The van der Waals surface area contributed by atoms with Crippen LogP contribution in [0.5, 0.6) is 0 Å². The van der Waals surface area contributed by atoms with Crippen LogP contribution in [0.15, 0.2) is 60.7 Å². The lowest BCUT2D eigenvalue weighted by molar-refractivity contribution is -0.159. The molecule has 27 heavy (non-hydrogen) atoms. The molecule has 4 nitrogen and oxygen atoms in total. The number of ether oxygens (including phenoxy) is 2. The molecule has 1 aliphatic rings. The fourth-order valence-corrected chi connectivity index (χ4v) is 3.64. The summed E-state index contributed by atoms with van der Waals surface area (Å²) in [6.07, 6.45) is 2.10. The highest BCUT2D eigenvalue weighted by Crippen LogP contribution is 2.44. The number of carbonyl (C=O) groups excluding carboxylic acids is 2. The summed E-state index contributed by atoms with van der Waals surface area (Å²) >= 11 is 5.95. The molecule has 0 unspecified atom stereocenters. The molecule has 0 spiro atoms. The predicted molar refractivity (Wildman–Crippen MR) is 104 cm³/mol. The molecule has 0 aromatic heterocycles. The lowest BCUT2D eigenvalue weighted by Crippen LogP contribution is -2.49. The average molecular weight is 385 g/mol. The monoisotopic (exact) mass is 384 g/mol. The van der Waals surface area contributed by atoms with E-state index in [1.54, 1.807) is 37.3 Å². The van der Waals surface area contributed by atoms with Gasteiger partial charge in [0.05, 0.1) is 12.5 Å². The Kier molecular flexibility index (Phi) is 5.66. The van der Waals surface area contributed by atoms with Gasteiger partial charge in [0.2, 0.25) is 0 Å². The van der Waals surface area contributed by atoms with Gasteiger partial charge in [0, 0.05) is 10.6 Å². The van der Waals surface area contributed by atoms with Crippen LogP contribution in [0.3, 0.4) is 0 Å². The first kappa shape index (κ1) is 19.2. The van der Waals surface area contributed by atoms with Gasteiger partial charge in [-0.1, -0.05) is 48.9 Å². The van der Waals surface area contributed by atoms with E-state index in [1.807, 2.05) is 37.3 Å². The Bertz CT molecular complexity index is 858. The summed E-state index contributed by atoms with van der Waals surface area (Å²) in [7, 11) is 0. The molecule has 2 aromatic carbocycles. The Hall–Kier alpha value is -2.59. The van der Waals surface area contributed by atoms with E-state index in [9.17, 15) is 9.59 Å². The van der Waals surface area contributed by atoms with Crippen LogP contribution in [0, 0.1) is 5.92 Å². The molecule has 0 N–H and O–H groups in total. The number of esters is 2. The quantitative estimate of drug-likeness (QED) is 0.697. The molecular formula is C22H21ClO4. The van der Waals surface area contributed by atoms with Crippen molar-refractivity contribution in [2.24, 2.45) is 5.92 Å². The summed E-state index contributed by atoms with van der Waals surface area (Å²) in [5.41, 5.74) is 0.297. The van der Waals surface area contributed by atoms with Crippen LogP contribution in [0.2, 0.25) is 5.02 Å². The summed E-state index contributed by atoms with van der Waals surface area (Å²) in [5, 5.41) is 0.579. The van der Waals surface area contributed by atoms with Gasteiger partial charge in [0.1, 0.15) is 11.2 Å². The van der Waals surface area contributed by atoms with Crippen LogP contribution in [-0.2, 0) is 24.5 Å². The van der Waals surface area contributed by atoms with Gasteiger partial charge in [-0.15, -0.1) is 0 Å². The molecule has 0 bridgehead atoms. The van der Waals surface area contributed by atoms with E-state index >= 15 is 0 Å². The minimum absolute atomic E-state index is 0.239. The SMILES string of the molecule is CCOC(=O)[C@@H]1C=C(c2ccc(Cl)cc2)OC(=O)[C@@]1(CC)c1ccccc1. The number of carbonyl (C=O) groups is 2. The molecule has 1 heterocycles. The van der Waals surface area contributed by atoms with Crippen LogP contribution in [0.4, 0.5) is 0 Å². The van der Waals surface area contributed by atoms with E-state index in [0.717, 1.165) is 5.56 Å². The van der Waals surface area contributed by atoms with E-state index in [-0.39, 0.29) is 6.61 Å². The van der Waals surface area contributed by atoms with Crippen LogP contribution in [-0.4, -0.2) is 18.5 Å². The van der Waals surface area contributed by atoms with E-state index in [4.69, 9.17) is 21.1 Å². The normalized spacial score (nSPS) is 22.0. The minimum atomic E-state index is -1.12. The fourth-order valence-electron chi connectivity index (χ4n) is 3.52. The third-order valence-corrected chi connectivity index (χ3v) is 5.18. The van der Waals surface area contributed by atoms with Crippen LogP contribution < -0.4 is 0 Å². The fraction of sp³-hybridized carbons (Fsp3) is 0.273. The van der Waals surface area contributed by atoms with Gasteiger partial charge in [-0.05, 0) is 49.2 Å². The maximum absolute atomic E-state index is 13.2. The summed E-state index contributed by atoms with van der Waals surface area (Å²) in [6.45, 7) is 3.86. The molecule has 2 aromatic rings. The Morgan fingerprint density at radius 1 is 1.11 bits per heavy atom. The van der Waals surface area contributed by atoms with Crippen molar-refractivity contribution in [3.05, 3.63) is 76.8 Å². The van der Waals surface area contributed by atoms with Crippen LogP contribution in [0.25, 0.3) is 5.76 Å². The first-order valence-corrected chi connectivity index (χ1v) is 9.33. The van der Waals surface area contributed by atoms with Crippen molar-refractivity contribution in [2.75, 3.05) is 6.61 Å². The van der Waals surface area contributed by atoms with E-state index in [2.05, 4.69) is 0 Å². The number of halogens is 1. The molecule has 3 rings (SSSR count). The second kappa shape index (κ2) is 7.97. The van der Waals surface area contributed by atoms with Crippen LogP contribution >= 0.6 is 11.6 Å². The number of benzene rings is 2. The summed E-state index contributed by atoms with van der Waals surface area (Å²) in [5.74, 6) is -1.33. The second-order valence-electron chi connectivity index (χ2n) is 6.35. The average Bonchev–Trinajstić information content (AvgIpc) is 2.69. The van der Waals surface area contributed by atoms with E-state index in [0.29, 0.717) is 22.8 Å². The van der Waals surface area contributed by atoms with Crippen molar-refractivity contribution in [3.8, 4) is 0 Å². The first-order chi connectivity index (χ1) is 13.0. The molecule has 0 radical (unpaired) electrons. The molecular weight excluding hydrogens is 364 g/mol. The first-order valence-electron chi connectivity index (χ1n) is 8.95. The van der Waals surface area contributed by atoms with Crippen molar-refractivity contribution in [1.82, 2.24) is 0 Å². The highest BCUT2D eigenvalue weighted by atomic mass is 35.5. The smallest absolute Gasteiger partial charge is 0.323 e. The lowest BCUT2D eigenvalue weighted by atomic mass is 9.67. The second-order valence-corrected chi connectivity index (χ2v) is 6.78. The molecule has 0 saturated carbocycles. The zero-order chi connectivity index (χ0) is 19.4. The zero-order valence-electron chi connectivity index (χ0n) is 15.3. The number of hydrogen-bond donors (Lipinski definition) is 0. The molecule has 0 aliphatic carbocycles. The van der Waals surface area contributed by atoms with Gasteiger partial charge in [0.25, 0.3) is 0 Å².